The van der Waals surface area contributed by atoms with Crippen molar-refractivity contribution in [2.45, 2.75) is 32.0 Å². The lowest BCUT2D eigenvalue weighted by Gasteiger charge is -2.12. The van der Waals surface area contributed by atoms with E-state index in [1.807, 2.05) is 12.1 Å². The molecule has 0 saturated carbocycles. The summed E-state index contributed by atoms with van der Waals surface area (Å²) >= 11 is 0. The van der Waals surface area contributed by atoms with Crippen LogP contribution in [-0.4, -0.2) is 21.1 Å². The Labute approximate surface area is 160 Å². The largest absolute Gasteiger partial charge is 0.573 e. The van der Waals surface area contributed by atoms with Gasteiger partial charge in [0.1, 0.15) is 12.1 Å². The number of halogens is 3. The molecule has 0 N–H and O–H groups in total. The molecule has 0 bridgehead atoms. The molecular weight excluding hydrogens is 367 g/mol. The average molecular weight is 385 g/mol. The smallest absolute Gasteiger partial charge is 0.406 e. The standard InChI is InChI=1S/C21H18F3N3O/c22-21(23,24)28-19-12-10-18(11-13-19)27-14-25-20(26-27)17-8-6-16(7-9-17)15-4-2-1-3-5-15/h4,6-14H,1-3,5H2. The summed E-state index contributed by atoms with van der Waals surface area (Å²) in [6.07, 6.45) is 3.86. The van der Waals surface area contributed by atoms with Gasteiger partial charge in [-0.2, -0.15) is 0 Å². The number of aromatic nitrogens is 3. The van der Waals surface area contributed by atoms with Crippen molar-refractivity contribution in [2.24, 2.45) is 0 Å². The van der Waals surface area contributed by atoms with Gasteiger partial charge in [-0.25, -0.2) is 9.67 Å². The summed E-state index contributed by atoms with van der Waals surface area (Å²) in [7, 11) is 0. The summed E-state index contributed by atoms with van der Waals surface area (Å²) in [6, 6.07) is 13.6. The molecule has 1 aliphatic carbocycles. The topological polar surface area (TPSA) is 39.9 Å². The van der Waals surface area contributed by atoms with Crippen molar-refractivity contribution in [2.75, 3.05) is 0 Å². The second kappa shape index (κ2) is 7.50. The summed E-state index contributed by atoms with van der Waals surface area (Å²) in [5.41, 5.74) is 4.09. The van der Waals surface area contributed by atoms with Crippen LogP contribution in [0.3, 0.4) is 0 Å². The lowest BCUT2D eigenvalue weighted by Crippen LogP contribution is -2.17. The first-order valence-electron chi connectivity index (χ1n) is 9.06. The fourth-order valence-electron chi connectivity index (χ4n) is 3.25. The van der Waals surface area contributed by atoms with E-state index in [1.165, 1.54) is 59.3 Å². The maximum Gasteiger partial charge on any atom is 0.573 e. The van der Waals surface area contributed by atoms with E-state index in [0.717, 1.165) is 18.4 Å². The minimum atomic E-state index is -4.71. The maximum atomic E-state index is 12.2. The molecule has 144 valence electrons. The van der Waals surface area contributed by atoms with E-state index >= 15 is 0 Å². The van der Waals surface area contributed by atoms with Gasteiger partial charge in [-0.3, -0.25) is 0 Å². The van der Waals surface area contributed by atoms with E-state index in [-0.39, 0.29) is 5.75 Å². The Morgan fingerprint density at radius 1 is 0.893 bits per heavy atom. The van der Waals surface area contributed by atoms with Gasteiger partial charge < -0.3 is 4.74 Å². The molecule has 4 nitrogen and oxygen atoms in total. The third-order valence-corrected chi connectivity index (χ3v) is 4.63. The van der Waals surface area contributed by atoms with Crippen LogP contribution in [0.1, 0.15) is 31.2 Å². The van der Waals surface area contributed by atoms with Gasteiger partial charge in [-0.15, -0.1) is 18.3 Å². The van der Waals surface area contributed by atoms with Crippen LogP contribution in [0.4, 0.5) is 13.2 Å². The van der Waals surface area contributed by atoms with E-state index in [4.69, 9.17) is 0 Å². The Kier molecular flexibility index (Phi) is 4.90. The third-order valence-electron chi connectivity index (χ3n) is 4.63. The molecule has 0 spiro atoms. The summed E-state index contributed by atoms with van der Waals surface area (Å²) in [6.45, 7) is 0. The first-order chi connectivity index (χ1) is 13.5. The van der Waals surface area contributed by atoms with E-state index in [0.29, 0.717) is 11.5 Å². The van der Waals surface area contributed by atoms with Crippen molar-refractivity contribution in [3.8, 4) is 22.8 Å². The monoisotopic (exact) mass is 385 g/mol. The fourth-order valence-corrected chi connectivity index (χ4v) is 3.25. The Morgan fingerprint density at radius 2 is 1.61 bits per heavy atom. The van der Waals surface area contributed by atoms with Crippen LogP contribution in [0, 0.1) is 0 Å². The number of nitrogens with zero attached hydrogens (tertiary/aromatic N) is 3. The van der Waals surface area contributed by atoms with Crippen LogP contribution >= 0.6 is 0 Å². The molecule has 3 aromatic rings. The van der Waals surface area contributed by atoms with Gasteiger partial charge in [0.25, 0.3) is 0 Å². The molecule has 0 atom stereocenters. The number of ether oxygens (including phenoxy) is 1. The van der Waals surface area contributed by atoms with Gasteiger partial charge in [-0.05, 0) is 61.1 Å². The molecule has 7 heteroatoms. The highest BCUT2D eigenvalue weighted by Crippen LogP contribution is 2.28. The third kappa shape index (κ3) is 4.24. The van der Waals surface area contributed by atoms with E-state index in [9.17, 15) is 13.2 Å². The van der Waals surface area contributed by atoms with Crippen molar-refractivity contribution in [1.29, 1.82) is 0 Å². The average Bonchev–Trinajstić information content (AvgIpc) is 3.18. The fraction of sp³-hybridized carbons (Fsp3) is 0.238. The van der Waals surface area contributed by atoms with Gasteiger partial charge in [0.05, 0.1) is 5.69 Å². The van der Waals surface area contributed by atoms with Gasteiger partial charge in [0.2, 0.25) is 0 Å². The van der Waals surface area contributed by atoms with Crippen LogP contribution in [0.15, 0.2) is 60.9 Å². The van der Waals surface area contributed by atoms with Gasteiger partial charge >= 0.3 is 6.36 Å². The van der Waals surface area contributed by atoms with Crippen LogP contribution in [0.5, 0.6) is 5.75 Å². The van der Waals surface area contributed by atoms with E-state index < -0.39 is 6.36 Å². The van der Waals surface area contributed by atoms with Crippen LogP contribution in [0.25, 0.3) is 22.6 Å². The van der Waals surface area contributed by atoms with Crippen molar-refractivity contribution in [1.82, 2.24) is 14.8 Å². The first-order valence-corrected chi connectivity index (χ1v) is 9.06. The summed E-state index contributed by atoms with van der Waals surface area (Å²) < 4.78 is 42.1. The molecule has 0 aliphatic heterocycles. The minimum Gasteiger partial charge on any atom is -0.406 e. The summed E-state index contributed by atoms with van der Waals surface area (Å²) in [5, 5.41) is 4.43. The van der Waals surface area contributed by atoms with Gasteiger partial charge in [-0.1, -0.05) is 30.3 Å². The predicted octanol–water partition coefficient (Wildman–Crippen LogP) is 5.79. The number of allylic oxidation sites excluding steroid dienone is 2. The van der Waals surface area contributed by atoms with E-state index in [2.05, 4.69) is 33.0 Å². The van der Waals surface area contributed by atoms with Crippen molar-refractivity contribution < 1.29 is 17.9 Å². The van der Waals surface area contributed by atoms with Crippen LogP contribution in [-0.2, 0) is 0 Å². The zero-order chi connectivity index (χ0) is 19.6. The molecule has 2 aromatic carbocycles. The predicted molar refractivity (Wildman–Crippen MR) is 99.9 cm³/mol. The van der Waals surface area contributed by atoms with Crippen molar-refractivity contribution in [3.63, 3.8) is 0 Å². The Balaban J connectivity index is 1.50. The highest BCUT2D eigenvalue weighted by molar-refractivity contribution is 5.68. The van der Waals surface area contributed by atoms with Crippen molar-refractivity contribution in [3.05, 3.63) is 66.5 Å². The minimum absolute atomic E-state index is 0.274. The number of benzene rings is 2. The molecule has 0 radical (unpaired) electrons. The van der Waals surface area contributed by atoms with Crippen molar-refractivity contribution >= 4 is 5.57 Å². The molecule has 1 aliphatic rings. The number of alkyl halides is 3. The van der Waals surface area contributed by atoms with Crippen LogP contribution in [0.2, 0.25) is 0 Å². The zero-order valence-electron chi connectivity index (χ0n) is 15.0. The van der Waals surface area contributed by atoms with E-state index in [1.54, 1.807) is 0 Å². The first kappa shape index (κ1) is 18.3. The second-order valence-electron chi connectivity index (χ2n) is 6.61. The quantitative estimate of drug-likeness (QED) is 0.571. The molecule has 1 aromatic heterocycles. The highest BCUT2D eigenvalue weighted by Gasteiger charge is 2.31. The number of rotatable bonds is 4. The summed E-state index contributed by atoms with van der Waals surface area (Å²) in [4.78, 5) is 4.31. The van der Waals surface area contributed by atoms with Gasteiger partial charge in [0, 0.05) is 5.56 Å². The summed E-state index contributed by atoms with van der Waals surface area (Å²) in [5.74, 6) is 0.281. The molecular formula is C21H18F3N3O. The molecule has 0 saturated heterocycles. The zero-order valence-corrected chi connectivity index (χ0v) is 15.0. The molecule has 0 amide bonds. The number of hydrogen-bond acceptors (Lipinski definition) is 3. The number of hydrogen-bond donors (Lipinski definition) is 0. The maximum absolute atomic E-state index is 12.2. The Bertz CT molecular complexity index is 973. The molecule has 0 fully saturated rings. The lowest BCUT2D eigenvalue weighted by atomic mass is 9.93. The molecule has 28 heavy (non-hydrogen) atoms. The molecule has 4 rings (SSSR count). The second-order valence-corrected chi connectivity index (χ2v) is 6.61. The van der Waals surface area contributed by atoms with Crippen LogP contribution < -0.4 is 4.74 Å². The Morgan fingerprint density at radius 3 is 2.25 bits per heavy atom. The normalized spacial score (nSPS) is 14.6. The van der Waals surface area contributed by atoms with Gasteiger partial charge in [0.15, 0.2) is 5.82 Å². The SMILES string of the molecule is FC(F)(F)Oc1ccc(-n2cnc(-c3ccc(C4=CCCCC4)cc3)n2)cc1. The highest BCUT2D eigenvalue weighted by atomic mass is 19.4. The molecule has 0 unspecified atom stereocenters. The Hall–Kier alpha value is -3.09. The molecule has 1 heterocycles. The lowest BCUT2D eigenvalue weighted by molar-refractivity contribution is -0.274.